The van der Waals surface area contributed by atoms with Gasteiger partial charge >= 0.3 is 5.97 Å². The van der Waals surface area contributed by atoms with Crippen molar-refractivity contribution in [1.82, 2.24) is 0 Å². The molecule has 0 heterocycles. The number of aliphatic hydroxyl groups is 1. The van der Waals surface area contributed by atoms with Crippen LogP contribution in [0.2, 0.25) is 5.02 Å². The first-order valence-corrected chi connectivity index (χ1v) is 4.63. The highest BCUT2D eigenvalue weighted by molar-refractivity contribution is 6.30. The van der Waals surface area contributed by atoms with Gasteiger partial charge in [0, 0.05) is 5.56 Å². The minimum atomic E-state index is -1.24. The van der Waals surface area contributed by atoms with Crippen molar-refractivity contribution in [2.75, 3.05) is 7.11 Å². The molecule has 0 unspecified atom stereocenters. The van der Waals surface area contributed by atoms with Crippen molar-refractivity contribution in [3.63, 3.8) is 0 Å². The Hall–Kier alpha value is -1.13. The molecule has 0 saturated carbocycles. The molecular formula is C10H10ClFO3. The highest BCUT2D eigenvalue weighted by Crippen LogP contribution is 2.25. The van der Waals surface area contributed by atoms with Crippen molar-refractivity contribution in [2.45, 2.75) is 12.5 Å². The maximum Gasteiger partial charge on any atom is 0.308 e. The minimum Gasteiger partial charge on any atom is -0.469 e. The van der Waals surface area contributed by atoms with Crippen LogP contribution in [0.3, 0.4) is 0 Å². The van der Waals surface area contributed by atoms with Crippen LogP contribution in [0, 0.1) is 5.82 Å². The summed E-state index contributed by atoms with van der Waals surface area (Å²) in [5.41, 5.74) is -0.00657. The molecule has 0 saturated heterocycles. The topological polar surface area (TPSA) is 46.5 Å². The van der Waals surface area contributed by atoms with Gasteiger partial charge in [-0.25, -0.2) is 4.39 Å². The van der Waals surface area contributed by atoms with Crippen LogP contribution < -0.4 is 0 Å². The van der Waals surface area contributed by atoms with Gasteiger partial charge in [-0.15, -0.1) is 0 Å². The number of halogens is 2. The van der Waals surface area contributed by atoms with Crippen LogP contribution in [-0.2, 0) is 9.53 Å². The van der Waals surface area contributed by atoms with Gasteiger partial charge in [-0.3, -0.25) is 4.79 Å². The van der Waals surface area contributed by atoms with E-state index >= 15 is 0 Å². The molecule has 0 aromatic heterocycles. The zero-order valence-corrected chi connectivity index (χ0v) is 8.79. The normalized spacial score (nSPS) is 12.3. The van der Waals surface area contributed by atoms with Crippen LogP contribution in [0.4, 0.5) is 4.39 Å². The van der Waals surface area contributed by atoms with Gasteiger partial charge in [0.05, 0.1) is 24.7 Å². The fourth-order valence-corrected chi connectivity index (χ4v) is 1.31. The Labute approximate surface area is 91.4 Å². The molecule has 5 heteroatoms. The molecule has 1 rings (SSSR count). The lowest BCUT2D eigenvalue weighted by Gasteiger charge is -2.10. The summed E-state index contributed by atoms with van der Waals surface area (Å²) in [5, 5.41) is 9.44. The summed E-state index contributed by atoms with van der Waals surface area (Å²) in [6, 6.07) is 4.24. The number of esters is 1. The summed E-state index contributed by atoms with van der Waals surface area (Å²) in [7, 11) is 1.20. The predicted molar refractivity (Wildman–Crippen MR) is 53.0 cm³/mol. The first-order valence-electron chi connectivity index (χ1n) is 4.25. The summed E-state index contributed by atoms with van der Waals surface area (Å²) >= 11 is 5.53. The lowest BCUT2D eigenvalue weighted by atomic mass is 10.1. The van der Waals surface area contributed by atoms with Crippen molar-refractivity contribution in [3.8, 4) is 0 Å². The average Bonchev–Trinajstić information content (AvgIpc) is 2.21. The number of aliphatic hydroxyl groups excluding tert-OH is 1. The Morgan fingerprint density at radius 1 is 1.67 bits per heavy atom. The van der Waals surface area contributed by atoms with Gasteiger partial charge in [-0.2, -0.15) is 0 Å². The van der Waals surface area contributed by atoms with E-state index < -0.39 is 17.9 Å². The van der Waals surface area contributed by atoms with E-state index in [2.05, 4.69) is 4.74 Å². The third kappa shape index (κ3) is 2.91. The van der Waals surface area contributed by atoms with Gasteiger partial charge in [0.1, 0.15) is 5.82 Å². The second kappa shape index (κ2) is 5.09. The third-order valence-corrected chi connectivity index (χ3v) is 2.22. The second-order valence-electron chi connectivity index (χ2n) is 2.94. The maximum atomic E-state index is 13.4. The van der Waals surface area contributed by atoms with Crippen molar-refractivity contribution in [1.29, 1.82) is 0 Å². The fourth-order valence-electron chi connectivity index (χ4n) is 1.13. The first kappa shape index (κ1) is 11.9. The molecule has 82 valence electrons. The molecule has 0 fully saturated rings. The summed E-state index contributed by atoms with van der Waals surface area (Å²) in [5.74, 6) is -1.32. The van der Waals surface area contributed by atoms with Crippen LogP contribution in [0.15, 0.2) is 18.2 Å². The zero-order valence-electron chi connectivity index (χ0n) is 8.04. The van der Waals surface area contributed by atoms with Gasteiger partial charge in [0.2, 0.25) is 0 Å². The van der Waals surface area contributed by atoms with Crippen molar-refractivity contribution in [2.24, 2.45) is 0 Å². The van der Waals surface area contributed by atoms with E-state index in [0.717, 1.165) is 0 Å². The second-order valence-corrected chi connectivity index (χ2v) is 3.35. The summed E-state index contributed by atoms with van der Waals surface area (Å²) < 4.78 is 17.7. The number of carbonyl (C=O) groups is 1. The van der Waals surface area contributed by atoms with Crippen molar-refractivity contribution < 1.29 is 19.0 Å². The number of benzene rings is 1. The highest BCUT2D eigenvalue weighted by Gasteiger charge is 2.18. The third-order valence-electron chi connectivity index (χ3n) is 1.93. The summed E-state index contributed by atoms with van der Waals surface area (Å²) in [4.78, 5) is 10.9. The predicted octanol–water partition coefficient (Wildman–Crippen LogP) is 2.08. The number of carbonyl (C=O) groups excluding carboxylic acids is 1. The zero-order chi connectivity index (χ0) is 11.4. The Bertz CT molecular complexity index is 368. The Balaban J connectivity index is 2.86. The fraction of sp³-hybridized carbons (Fsp3) is 0.300. The quantitative estimate of drug-likeness (QED) is 0.812. The number of hydrogen-bond donors (Lipinski definition) is 1. The number of rotatable bonds is 3. The Morgan fingerprint density at radius 2 is 2.33 bits per heavy atom. The highest BCUT2D eigenvalue weighted by atomic mass is 35.5. The van der Waals surface area contributed by atoms with E-state index in [1.165, 1.54) is 25.3 Å². The van der Waals surface area contributed by atoms with Crippen LogP contribution in [-0.4, -0.2) is 18.2 Å². The van der Waals surface area contributed by atoms with E-state index in [1.54, 1.807) is 0 Å². The molecule has 0 spiro atoms. The van der Waals surface area contributed by atoms with Crippen LogP contribution >= 0.6 is 11.6 Å². The molecule has 0 aliphatic heterocycles. The average molecular weight is 233 g/mol. The lowest BCUT2D eigenvalue weighted by molar-refractivity contribution is -0.142. The van der Waals surface area contributed by atoms with E-state index in [4.69, 9.17) is 11.6 Å². The molecule has 0 radical (unpaired) electrons. The Morgan fingerprint density at radius 3 is 2.93 bits per heavy atom. The summed E-state index contributed by atoms with van der Waals surface area (Å²) in [6.45, 7) is 0. The molecular weight excluding hydrogens is 223 g/mol. The molecule has 0 bridgehead atoms. The molecule has 3 nitrogen and oxygen atoms in total. The lowest BCUT2D eigenvalue weighted by Crippen LogP contribution is -2.09. The molecule has 1 N–H and O–H groups in total. The summed E-state index contributed by atoms with van der Waals surface area (Å²) in [6.07, 6.45) is -1.54. The van der Waals surface area contributed by atoms with Crippen LogP contribution in [0.25, 0.3) is 0 Å². The maximum absolute atomic E-state index is 13.4. The molecule has 1 atom stereocenters. The first-order chi connectivity index (χ1) is 7.06. The van der Waals surface area contributed by atoms with Gasteiger partial charge in [0.15, 0.2) is 0 Å². The minimum absolute atomic E-state index is 0.00657. The Kier molecular flexibility index (Phi) is 4.05. The van der Waals surface area contributed by atoms with Crippen LogP contribution in [0.1, 0.15) is 18.1 Å². The van der Waals surface area contributed by atoms with Gasteiger partial charge in [0.25, 0.3) is 0 Å². The van der Waals surface area contributed by atoms with E-state index in [0.29, 0.717) is 0 Å². The van der Waals surface area contributed by atoms with Crippen molar-refractivity contribution >= 4 is 17.6 Å². The molecule has 1 aromatic rings. The monoisotopic (exact) mass is 232 g/mol. The largest absolute Gasteiger partial charge is 0.469 e. The van der Waals surface area contributed by atoms with Gasteiger partial charge in [-0.05, 0) is 6.07 Å². The van der Waals surface area contributed by atoms with Crippen LogP contribution in [0.5, 0.6) is 0 Å². The molecule has 0 amide bonds. The molecule has 1 aromatic carbocycles. The van der Waals surface area contributed by atoms with Gasteiger partial charge < -0.3 is 9.84 Å². The molecule has 0 aliphatic rings. The van der Waals surface area contributed by atoms with E-state index in [-0.39, 0.29) is 17.0 Å². The van der Waals surface area contributed by atoms with E-state index in [9.17, 15) is 14.3 Å². The molecule has 0 aliphatic carbocycles. The molecule has 15 heavy (non-hydrogen) atoms. The number of ether oxygens (including phenoxy) is 1. The number of methoxy groups -OCH3 is 1. The smallest absolute Gasteiger partial charge is 0.308 e. The number of hydrogen-bond acceptors (Lipinski definition) is 3. The standard InChI is InChI=1S/C10H10ClFO3/c1-15-9(14)5-8(13)6-3-2-4-7(11)10(6)12/h2-4,8,13H,5H2,1H3/t8-/m0/s1. The van der Waals surface area contributed by atoms with E-state index in [1.807, 2.05) is 0 Å². The van der Waals surface area contributed by atoms with Gasteiger partial charge in [-0.1, -0.05) is 23.7 Å². The SMILES string of the molecule is COC(=O)C[C@H](O)c1cccc(Cl)c1F. The van der Waals surface area contributed by atoms with Crippen molar-refractivity contribution in [3.05, 3.63) is 34.6 Å².